The van der Waals surface area contributed by atoms with E-state index in [1.165, 1.54) is 13.8 Å². The summed E-state index contributed by atoms with van der Waals surface area (Å²) in [5.41, 5.74) is 5.05. The molecule has 0 aliphatic carbocycles. The lowest BCUT2D eigenvalue weighted by Gasteiger charge is -2.07. The highest BCUT2D eigenvalue weighted by atomic mass is 16.4. The van der Waals surface area contributed by atoms with Crippen LogP contribution in [0.15, 0.2) is 0 Å². The monoisotopic (exact) mass is 134 g/mol. The molecule has 3 heteroatoms. The predicted octanol–water partition coefficient (Wildman–Crippen LogP) is 0.444. The quantitative estimate of drug-likeness (QED) is 0.588. The van der Waals surface area contributed by atoms with Gasteiger partial charge in [0, 0.05) is 2.74 Å². The van der Waals surface area contributed by atoms with Crippen molar-refractivity contribution in [2.75, 3.05) is 0 Å². The fourth-order valence-corrected chi connectivity index (χ4v) is 0.373. The van der Waals surface area contributed by atoms with E-state index in [0.717, 1.165) is 0 Å². The number of carboxylic acids is 1. The first kappa shape index (κ1) is 4.28. The summed E-state index contributed by atoms with van der Waals surface area (Å²) in [6.45, 7) is 2.70. The molecule has 54 valence electrons. The Hall–Kier alpha value is -0.570. The molecule has 0 aromatic heterocycles. The molecule has 0 fully saturated rings. The number of carbonyl (C=O) groups is 1. The standard InChI is InChI=1S/C6H13NO2/c1-4(2)3-5(7)6(8)9/h4-5H,3,7H2,1-2H3,(H,8,9)/t5-/m0/s1/i3D,4D,5D/t3-,5-. The summed E-state index contributed by atoms with van der Waals surface area (Å²) in [6.07, 6.45) is -1.48. The van der Waals surface area contributed by atoms with E-state index >= 15 is 0 Å². The minimum atomic E-state index is -2.41. The van der Waals surface area contributed by atoms with Crippen LogP contribution in [-0.4, -0.2) is 17.1 Å². The lowest BCUT2D eigenvalue weighted by Crippen LogP contribution is -2.31. The summed E-state index contributed by atoms with van der Waals surface area (Å²) < 4.78 is 21.7. The Morgan fingerprint density at radius 3 is 2.56 bits per heavy atom. The first-order chi connectivity index (χ1) is 5.10. The average molecular weight is 134 g/mol. The molecule has 0 heterocycles. The van der Waals surface area contributed by atoms with Crippen LogP contribution in [0.3, 0.4) is 0 Å². The Morgan fingerprint density at radius 1 is 2.00 bits per heavy atom. The minimum Gasteiger partial charge on any atom is -0.480 e. The van der Waals surface area contributed by atoms with Crippen molar-refractivity contribution in [1.82, 2.24) is 0 Å². The van der Waals surface area contributed by atoms with E-state index in [0.29, 0.717) is 0 Å². The van der Waals surface area contributed by atoms with Gasteiger partial charge in [-0.3, -0.25) is 4.79 Å². The van der Waals surface area contributed by atoms with Gasteiger partial charge in [0.05, 0.1) is 1.37 Å². The van der Waals surface area contributed by atoms with Crippen molar-refractivity contribution < 1.29 is 14.0 Å². The van der Waals surface area contributed by atoms with Crippen LogP contribution < -0.4 is 5.73 Å². The molecule has 0 saturated carbocycles. The van der Waals surface area contributed by atoms with E-state index in [4.69, 9.17) is 15.0 Å². The van der Waals surface area contributed by atoms with Gasteiger partial charge >= 0.3 is 5.97 Å². The van der Waals surface area contributed by atoms with Gasteiger partial charge in [-0.25, -0.2) is 0 Å². The molecule has 9 heavy (non-hydrogen) atoms. The van der Waals surface area contributed by atoms with Gasteiger partial charge in [-0.15, -0.1) is 0 Å². The summed E-state index contributed by atoms with van der Waals surface area (Å²) in [5, 5.41) is 8.46. The summed E-state index contributed by atoms with van der Waals surface area (Å²) in [5.74, 6) is -2.93. The van der Waals surface area contributed by atoms with Crippen LogP contribution in [-0.2, 0) is 4.79 Å². The topological polar surface area (TPSA) is 63.3 Å². The van der Waals surface area contributed by atoms with Crippen molar-refractivity contribution in [2.45, 2.75) is 26.3 Å². The van der Waals surface area contributed by atoms with Gasteiger partial charge in [-0.05, 0) is 12.3 Å². The van der Waals surface area contributed by atoms with E-state index in [9.17, 15) is 4.79 Å². The zero-order valence-electron chi connectivity index (χ0n) is 8.51. The first-order valence-electron chi connectivity index (χ1n) is 4.12. The van der Waals surface area contributed by atoms with Crippen LogP contribution in [0.4, 0.5) is 0 Å². The van der Waals surface area contributed by atoms with E-state index in [1.54, 1.807) is 0 Å². The van der Waals surface area contributed by atoms with Crippen LogP contribution in [0.25, 0.3) is 0 Å². The molecule has 0 radical (unpaired) electrons. The second-order valence-corrected chi connectivity index (χ2v) is 1.98. The Morgan fingerprint density at radius 2 is 2.44 bits per heavy atom. The fraction of sp³-hybridized carbons (Fsp3) is 0.833. The van der Waals surface area contributed by atoms with E-state index in [2.05, 4.69) is 0 Å². The molecule has 0 saturated heterocycles. The third kappa shape index (κ3) is 3.97. The van der Waals surface area contributed by atoms with E-state index < -0.39 is 24.3 Å². The largest absolute Gasteiger partial charge is 0.480 e. The molecule has 0 amide bonds. The van der Waals surface area contributed by atoms with Gasteiger partial charge in [0.25, 0.3) is 0 Å². The lowest BCUT2D eigenvalue weighted by molar-refractivity contribution is -0.138. The first-order valence-corrected chi connectivity index (χ1v) is 2.54. The number of rotatable bonds is 3. The molecule has 0 aliphatic rings. The second-order valence-electron chi connectivity index (χ2n) is 1.98. The zero-order valence-corrected chi connectivity index (χ0v) is 5.51. The van der Waals surface area contributed by atoms with Gasteiger partial charge in [-0.1, -0.05) is 13.8 Å². The van der Waals surface area contributed by atoms with Crippen LogP contribution in [0, 0.1) is 5.89 Å². The number of hydrogen-bond donors (Lipinski definition) is 2. The molecule has 2 atom stereocenters. The average Bonchev–Trinajstić information content (AvgIpc) is 1.83. The highest BCUT2D eigenvalue weighted by molar-refractivity contribution is 5.72. The fourth-order valence-electron chi connectivity index (χ4n) is 0.373. The Bertz CT molecular complexity index is 188. The Balaban J connectivity index is 4.69. The van der Waals surface area contributed by atoms with Crippen molar-refractivity contribution in [3.63, 3.8) is 0 Å². The second kappa shape index (κ2) is 3.45. The Labute approximate surface area is 59.1 Å². The molecule has 0 spiro atoms. The predicted molar refractivity (Wildman–Crippen MR) is 35.1 cm³/mol. The molecule has 0 aromatic carbocycles. The molecular formula is C6H13NO2. The number of hydrogen-bond acceptors (Lipinski definition) is 2. The van der Waals surface area contributed by atoms with E-state index in [1.807, 2.05) is 0 Å². The van der Waals surface area contributed by atoms with Crippen LogP contribution >= 0.6 is 0 Å². The third-order valence-corrected chi connectivity index (χ3v) is 0.691. The minimum absolute atomic E-state index is 1.35. The maximum Gasteiger partial charge on any atom is 0.320 e. The highest BCUT2D eigenvalue weighted by Crippen LogP contribution is 2.01. The third-order valence-electron chi connectivity index (χ3n) is 0.691. The molecule has 0 unspecified atom stereocenters. The van der Waals surface area contributed by atoms with E-state index in [-0.39, 0.29) is 0 Å². The van der Waals surface area contributed by atoms with Gasteiger partial charge in [-0.2, -0.15) is 0 Å². The maximum atomic E-state index is 10.4. The lowest BCUT2D eigenvalue weighted by atomic mass is 10.1. The van der Waals surface area contributed by atoms with Crippen molar-refractivity contribution in [3.05, 3.63) is 0 Å². The molecule has 3 nitrogen and oxygen atoms in total. The highest BCUT2D eigenvalue weighted by Gasteiger charge is 2.11. The van der Waals surface area contributed by atoms with Crippen molar-refractivity contribution in [1.29, 1.82) is 0 Å². The van der Waals surface area contributed by atoms with Crippen molar-refractivity contribution in [3.8, 4) is 0 Å². The SMILES string of the molecule is [2H][C@@H](C([2H])(C)C)[C@]([2H])(N)C(=O)O. The normalized spacial score (nSPS) is 26.8. The summed E-state index contributed by atoms with van der Waals surface area (Å²) in [4.78, 5) is 10.4. The molecule has 3 N–H and O–H groups in total. The molecule has 0 aromatic rings. The van der Waals surface area contributed by atoms with Crippen molar-refractivity contribution in [2.24, 2.45) is 11.6 Å². The number of nitrogens with two attached hydrogens (primary N) is 1. The molecule has 0 bridgehead atoms. The Kier molecular flexibility index (Phi) is 1.64. The summed E-state index contributed by atoms with van der Waals surface area (Å²) in [6, 6.07) is -2.41. The number of aliphatic carboxylic acids is 1. The van der Waals surface area contributed by atoms with Gasteiger partial charge < -0.3 is 10.8 Å². The molecule has 0 rings (SSSR count). The molecule has 0 aliphatic heterocycles. The zero-order chi connectivity index (χ0) is 10.2. The maximum absolute atomic E-state index is 10.4. The van der Waals surface area contributed by atoms with Crippen LogP contribution in [0.2, 0.25) is 0 Å². The van der Waals surface area contributed by atoms with Crippen molar-refractivity contribution >= 4 is 5.97 Å². The van der Waals surface area contributed by atoms with Crippen LogP contribution in [0.1, 0.15) is 24.4 Å². The smallest absolute Gasteiger partial charge is 0.320 e. The summed E-state index contributed by atoms with van der Waals surface area (Å²) >= 11 is 0. The number of carboxylic acid groups (broad SMARTS) is 1. The summed E-state index contributed by atoms with van der Waals surface area (Å²) in [7, 11) is 0. The van der Waals surface area contributed by atoms with Gasteiger partial charge in [0.1, 0.15) is 6.02 Å². The molecular weight excluding hydrogens is 118 g/mol. The van der Waals surface area contributed by atoms with Crippen LogP contribution in [0.5, 0.6) is 0 Å². The van der Waals surface area contributed by atoms with Gasteiger partial charge in [0.15, 0.2) is 0 Å². The van der Waals surface area contributed by atoms with Gasteiger partial charge in [0.2, 0.25) is 0 Å².